The number of hydrogen-bond donors (Lipinski definition) is 3. The smallest absolute Gasteiger partial charge is 0.222 e. The molecule has 0 spiro atoms. The molecule has 0 aliphatic rings. The summed E-state index contributed by atoms with van der Waals surface area (Å²) in [4.78, 5) is 15.8. The van der Waals surface area contributed by atoms with Crippen LogP contribution in [0.5, 0.6) is 0 Å². The molecule has 0 fully saturated rings. The highest BCUT2D eigenvalue weighted by molar-refractivity contribution is 14.0. The van der Waals surface area contributed by atoms with Crippen LogP contribution in [-0.2, 0) is 11.2 Å². The molecule has 0 radical (unpaired) electrons. The van der Waals surface area contributed by atoms with E-state index in [1.807, 2.05) is 0 Å². The van der Waals surface area contributed by atoms with Gasteiger partial charge in [-0.2, -0.15) is 0 Å². The van der Waals surface area contributed by atoms with Crippen LogP contribution in [-0.4, -0.2) is 32.0 Å². The number of carbonyl (C=O) groups is 1. The zero-order valence-electron chi connectivity index (χ0n) is 15.2. The zero-order valence-corrected chi connectivity index (χ0v) is 17.5. The van der Waals surface area contributed by atoms with Gasteiger partial charge in [-0.15, -0.1) is 24.0 Å². The number of amides is 1. The van der Waals surface area contributed by atoms with Crippen molar-refractivity contribution in [2.45, 2.75) is 33.1 Å². The molecule has 1 aromatic carbocycles. The Labute approximate surface area is 167 Å². The standard InChI is InChI=1S/C18H29FN4O.HI/c1-4-13(5-2)11-22-18(21-3)23-12-15(17(20)24)10-14-6-8-16(19)9-7-14;/h6-9,13,15H,4-5,10-12H2,1-3H3,(H2,20,24)(H2,21,22,23);1H. The summed E-state index contributed by atoms with van der Waals surface area (Å²) < 4.78 is 13.0. The number of rotatable bonds is 9. The fourth-order valence-electron chi connectivity index (χ4n) is 2.44. The van der Waals surface area contributed by atoms with E-state index in [2.05, 4.69) is 29.5 Å². The lowest BCUT2D eigenvalue weighted by atomic mass is 9.98. The maximum Gasteiger partial charge on any atom is 0.222 e. The van der Waals surface area contributed by atoms with Crippen molar-refractivity contribution in [1.29, 1.82) is 0 Å². The van der Waals surface area contributed by atoms with Crippen molar-refractivity contribution >= 4 is 35.8 Å². The van der Waals surface area contributed by atoms with E-state index in [-0.39, 0.29) is 41.6 Å². The maximum absolute atomic E-state index is 13.0. The molecular formula is C18H30FIN4O. The molecular weight excluding hydrogens is 434 g/mol. The average Bonchev–Trinajstić information content (AvgIpc) is 2.58. The van der Waals surface area contributed by atoms with Gasteiger partial charge in [-0.25, -0.2) is 4.39 Å². The first-order valence-corrected chi connectivity index (χ1v) is 8.48. The normalized spacial score (nSPS) is 12.4. The lowest BCUT2D eigenvalue weighted by Crippen LogP contribution is -2.44. The summed E-state index contributed by atoms with van der Waals surface area (Å²) in [5, 5.41) is 6.42. The average molecular weight is 464 g/mol. The van der Waals surface area contributed by atoms with Gasteiger partial charge < -0.3 is 16.4 Å². The van der Waals surface area contributed by atoms with E-state index in [1.165, 1.54) is 12.1 Å². The highest BCUT2D eigenvalue weighted by atomic mass is 127. The molecule has 4 N–H and O–H groups in total. The summed E-state index contributed by atoms with van der Waals surface area (Å²) in [6.45, 7) is 5.55. The number of nitrogens with zero attached hydrogens (tertiary/aromatic N) is 1. The van der Waals surface area contributed by atoms with Gasteiger partial charge in [-0.05, 0) is 30.0 Å². The highest BCUT2D eigenvalue weighted by Crippen LogP contribution is 2.10. The summed E-state index contributed by atoms with van der Waals surface area (Å²) in [6, 6.07) is 6.12. The van der Waals surface area contributed by atoms with Crippen molar-refractivity contribution in [3.8, 4) is 0 Å². The van der Waals surface area contributed by atoms with Crippen LogP contribution in [0.2, 0.25) is 0 Å². The minimum absolute atomic E-state index is 0. The molecule has 0 heterocycles. The molecule has 0 bridgehead atoms. The molecule has 0 saturated heterocycles. The molecule has 0 aliphatic heterocycles. The van der Waals surface area contributed by atoms with Gasteiger partial charge >= 0.3 is 0 Å². The molecule has 0 saturated carbocycles. The fraction of sp³-hybridized carbons (Fsp3) is 0.556. The molecule has 1 aromatic rings. The van der Waals surface area contributed by atoms with Gasteiger partial charge in [0.1, 0.15) is 5.82 Å². The molecule has 1 atom stereocenters. The number of benzene rings is 1. The SMILES string of the molecule is CCC(CC)CNC(=NC)NCC(Cc1ccc(F)cc1)C(N)=O.I. The molecule has 5 nitrogen and oxygen atoms in total. The van der Waals surface area contributed by atoms with E-state index in [0.29, 0.717) is 24.8 Å². The first kappa shape index (κ1) is 23.6. The number of carbonyl (C=O) groups excluding carboxylic acids is 1. The molecule has 1 amide bonds. The number of primary amides is 1. The molecule has 1 unspecified atom stereocenters. The van der Waals surface area contributed by atoms with Gasteiger partial charge in [-0.3, -0.25) is 9.79 Å². The summed E-state index contributed by atoms with van der Waals surface area (Å²) >= 11 is 0. The minimum Gasteiger partial charge on any atom is -0.369 e. The van der Waals surface area contributed by atoms with E-state index < -0.39 is 0 Å². The van der Waals surface area contributed by atoms with Crippen molar-refractivity contribution in [3.05, 3.63) is 35.6 Å². The second-order valence-corrected chi connectivity index (χ2v) is 5.95. The first-order valence-electron chi connectivity index (χ1n) is 8.48. The van der Waals surface area contributed by atoms with Crippen LogP contribution in [0.3, 0.4) is 0 Å². The Morgan fingerprint density at radius 2 is 1.72 bits per heavy atom. The molecule has 25 heavy (non-hydrogen) atoms. The van der Waals surface area contributed by atoms with Crippen molar-refractivity contribution in [2.75, 3.05) is 20.1 Å². The predicted molar refractivity (Wildman–Crippen MR) is 112 cm³/mol. The van der Waals surface area contributed by atoms with Crippen LogP contribution >= 0.6 is 24.0 Å². The summed E-state index contributed by atoms with van der Waals surface area (Å²) in [7, 11) is 1.70. The number of aliphatic imine (C=N–C) groups is 1. The van der Waals surface area contributed by atoms with Gasteiger partial charge in [0.2, 0.25) is 5.91 Å². The second-order valence-electron chi connectivity index (χ2n) is 5.95. The Morgan fingerprint density at radius 1 is 1.16 bits per heavy atom. The Kier molecular flexibility index (Phi) is 12.2. The summed E-state index contributed by atoms with van der Waals surface area (Å²) in [6.07, 6.45) is 2.68. The Morgan fingerprint density at radius 3 is 2.20 bits per heavy atom. The molecule has 7 heteroatoms. The van der Waals surface area contributed by atoms with Crippen LogP contribution in [0, 0.1) is 17.7 Å². The quantitative estimate of drug-likeness (QED) is 0.299. The third-order valence-corrected chi connectivity index (χ3v) is 4.25. The van der Waals surface area contributed by atoms with E-state index in [9.17, 15) is 9.18 Å². The minimum atomic E-state index is -0.387. The summed E-state index contributed by atoms with van der Waals surface area (Å²) in [5.74, 6) is 0.185. The fourth-order valence-corrected chi connectivity index (χ4v) is 2.44. The van der Waals surface area contributed by atoms with Crippen molar-refractivity contribution in [2.24, 2.45) is 22.6 Å². The Bertz CT molecular complexity index is 532. The van der Waals surface area contributed by atoms with Gasteiger partial charge in [-0.1, -0.05) is 38.8 Å². The van der Waals surface area contributed by atoms with Gasteiger partial charge in [0.15, 0.2) is 5.96 Å². The van der Waals surface area contributed by atoms with Crippen molar-refractivity contribution in [3.63, 3.8) is 0 Å². The first-order chi connectivity index (χ1) is 11.5. The van der Waals surface area contributed by atoms with Crippen LogP contribution < -0.4 is 16.4 Å². The number of nitrogens with two attached hydrogens (primary N) is 1. The lowest BCUT2D eigenvalue weighted by molar-refractivity contribution is -0.121. The van der Waals surface area contributed by atoms with Crippen molar-refractivity contribution < 1.29 is 9.18 Å². The number of guanidine groups is 1. The molecule has 0 aromatic heterocycles. The second kappa shape index (κ2) is 12.9. The topological polar surface area (TPSA) is 79.5 Å². The molecule has 0 aliphatic carbocycles. The van der Waals surface area contributed by atoms with E-state index in [0.717, 1.165) is 24.9 Å². The summed E-state index contributed by atoms with van der Waals surface area (Å²) in [5.41, 5.74) is 6.37. The van der Waals surface area contributed by atoms with Gasteiger partial charge in [0.25, 0.3) is 0 Å². The number of nitrogens with one attached hydrogen (secondary N) is 2. The third kappa shape index (κ3) is 9.04. The van der Waals surface area contributed by atoms with E-state index >= 15 is 0 Å². The predicted octanol–water partition coefficient (Wildman–Crippen LogP) is 2.69. The van der Waals surface area contributed by atoms with Crippen LogP contribution in [0.15, 0.2) is 29.3 Å². The number of halogens is 2. The van der Waals surface area contributed by atoms with Gasteiger partial charge in [0.05, 0.1) is 5.92 Å². The Balaban J connectivity index is 0.00000576. The van der Waals surface area contributed by atoms with Crippen LogP contribution in [0.25, 0.3) is 0 Å². The molecule has 1 rings (SSSR count). The van der Waals surface area contributed by atoms with Gasteiger partial charge in [0, 0.05) is 20.1 Å². The molecule has 142 valence electrons. The third-order valence-electron chi connectivity index (χ3n) is 4.25. The van der Waals surface area contributed by atoms with Crippen LogP contribution in [0.1, 0.15) is 32.3 Å². The number of hydrogen-bond acceptors (Lipinski definition) is 2. The lowest BCUT2D eigenvalue weighted by Gasteiger charge is -2.19. The Hall–Kier alpha value is -1.38. The van der Waals surface area contributed by atoms with Crippen molar-refractivity contribution in [1.82, 2.24) is 10.6 Å². The highest BCUT2D eigenvalue weighted by Gasteiger charge is 2.17. The zero-order chi connectivity index (χ0) is 17.9. The maximum atomic E-state index is 13.0. The largest absolute Gasteiger partial charge is 0.369 e. The monoisotopic (exact) mass is 464 g/mol. The van der Waals surface area contributed by atoms with Crippen LogP contribution in [0.4, 0.5) is 4.39 Å². The van der Waals surface area contributed by atoms with E-state index in [1.54, 1.807) is 19.2 Å². The van der Waals surface area contributed by atoms with E-state index in [4.69, 9.17) is 5.73 Å².